The number of morpholine rings is 1. The number of rotatable bonds is 6. The Bertz CT molecular complexity index is 765. The van der Waals surface area contributed by atoms with Gasteiger partial charge in [-0.3, -0.25) is 4.68 Å². The van der Waals surface area contributed by atoms with E-state index in [9.17, 15) is 8.42 Å². The Morgan fingerprint density at radius 2 is 1.92 bits per heavy atom. The van der Waals surface area contributed by atoms with Gasteiger partial charge in [-0.2, -0.15) is 9.40 Å². The standard InChI is InChI=1S/C16H21N3O4S/c1-14-12-17-18(13-14)6-11-23-15-2-4-16(5-3-15)24(20,21)19-7-9-22-10-8-19/h2-5,12-13H,6-11H2,1H3. The number of benzene rings is 1. The number of hydrogen-bond donors (Lipinski definition) is 0. The molecule has 3 rings (SSSR count). The van der Waals surface area contributed by atoms with Gasteiger partial charge in [-0.15, -0.1) is 0 Å². The Labute approximate surface area is 141 Å². The number of aromatic nitrogens is 2. The second-order valence-electron chi connectivity index (χ2n) is 5.62. The minimum Gasteiger partial charge on any atom is -0.492 e. The summed E-state index contributed by atoms with van der Waals surface area (Å²) in [5.74, 6) is 0.639. The number of aryl methyl sites for hydroxylation is 1. The van der Waals surface area contributed by atoms with E-state index in [1.165, 1.54) is 4.31 Å². The maximum Gasteiger partial charge on any atom is 0.243 e. The average Bonchev–Trinajstić information content (AvgIpc) is 3.01. The van der Waals surface area contributed by atoms with Gasteiger partial charge in [-0.25, -0.2) is 8.42 Å². The fraction of sp³-hybridized carbons (Fsp3) is 0.438. The largest absolute Gasteiger partial charge is 0.492 e. The van der Waals surface area contributed by atoms with Gasteiger partial charge in [0.1, 0.15) is 12.4 Å². The van der Waals surface area contributed by atoms with Crippen molar-refractivity contribution in [2.45, 2.75) is 18.4 Å². The first-order valence-electron chi connectivity index (χ1n) is 7.85. The molecule has 8 heteroatoms. The highest BCUT2D eigenvalue weighted by Gasteiger charge is 2.26. The maximum absolute atomic E-state index is 12.5. The average molecular weight is 351 g/mol. The van der Waals surface area contributed by atoms with Crippen LogP contribution >= 0.6 is 0 Å². The maximum atomic E-state index is 12.5. The SMILES string of the molecule is Cc1cnn(CCOc2ccc(S(=O)(=O)N3CCOCC3)cc2)c1. The molecule has 1 aliphatic heterocycles. The third-order valence-electron chi connectivity index (χ3n) is 3.78. The summed E-state index contributed by atoms with van der Waals surface area (Å²) in [6.45, 7) is 4.75. The summed E-state index contributed by atoms with van der Waals surface area (Å²) in [5.41, 5.74) is 1.10. The van der Waals surface area contributed by atoms with Crippen LogP contribution in [0.15, 0.2) is 41.6 Å². The second kappa shape index (κ2) is 7.33. The third kappa shape index (κ3) is 3.95. The van der Waals surface area contributed by atoms with Crippen molar-refractivity contribution >= 4 is 10.0 Å². The van der Waals surface area contributed by atoms with E-state index < -0.39 is 10.0 Å². The van der Waals surface area contributed by atoms with Crippen molar-refractivity contribution in [1.29, 1.82) is 0 Å². The summed E-state index contributed by atoms with van der Waals surface area (Å²) in [5, 5.41) is 4.19. The molecule has 1 aromatic carbocycles. The quantitative estimate of drug-likeness (QED) is 0.784. The number of nitrogens with zero attached hydrogens (tertiary/aromatic N) is 3. The highest BCUT2D eigenvalue weighted by molar-refractivity contribution is 7.89. The van der Waals surface area contributed by atoms with Gasteiger partial charge in [-0.05, 0) is 36.8 Å². The second-order valence-corrected chi connectivity index (χ2v) is 7.56. The van der Waals surface area contributed by atoms with Crippen molar-refractivity contribution in [2.24, 2.45) is 0 Å². The van der Waals surface area contributed by atoms with Crippen LogP contribution in [-0.2, 0) is 21.3 Å². The van der Waals surface area contributed by atoms with Gasteiger partial charge in [0.25, 0.3) is 0 Å². The van der Waals surface area contributed by atoms with Crippen molar-refractivity contribution in [2.75, 3.05) is 32.9 Å². The number of hydrogen-bond acceptors (Lipinski definition) is 5. The Kier molecular flexibility index (Phi) is 5.17. The molecule has 2 aromatic rings. The van der Waals surface area contributed by atoms with E-state index >= 15 is 0 Å². The molecular weight excluding hydrogens is 330 g/mol. The molecular formula is C16H21N3O4S. The molecule has 0 N–H and O–H groups in total. The molecule has 0 spiro atoms. The monoisotopic (exact) mass is 351 g/mol. The Balaban J connectivity index is 1.58. The molecule has 0 amide bonds. The fourth-order valence-electron chi connectivity index (χ4n) is 2.49. The van der Waals surface area contributed by atoms with Crippen molar-refractivity contribution in [3.8, 4) is 5.75 Å². The van der Waals surface area contributed by atoms with Crippen LogP contribution < -0.4 is 4.74 Å². The van der Waals surface area contributed by atoms with Crippen LogP contribution in [0.5, 0.6) is 5.75 Å². The van der Waals surface area contributed by atoms with Crippen molar-refractivity contribution in [1.82, 2.24) is 14.1 Å². The summed E-state index contributed by atoms with van der Waals surface area (Å²) < 4.78 is 39.1. The predicted octanol–water partition coefficient (Wildman–Crippen LogP) is 1.29. The molecule has 1 saturated heterocycles. The minimum atomic E-state index is -3.46. The lowest BCUT2D eigenvalue weighted by Crippen LogP contribution is -2.40. The van der Waals surface area contributed by atoms with E-state index in [1.54, 1.807) is 30.5 Å². The lowest BCUT2D eigenvalue weighted by atomic mass is 10.3. The molecule has 0 aliphatic carbocycles. The highest BCUT2D eigenvalue weighted by Crippen LogP contribution is 2.20. The van der Waals surface area contributed by atoms with E-state index in [-0.39, 0.29) is 4.90 Å². The first kappa shape index (κ1) is 16.9. The van der Waals surface area contributed by atoms with Crippen LogP contribution in [0.4, 0.5) is 0 Å². The lowest BCUT2D eigenvalue weighted by molar-refractivity contribution is 0.0730. The van der Waals surface area contributed by atoms with E-state index in [1.807, 2.05) is 17.8 Å². The first-order valence-corrected chi connectivity index (χ1v) is 9.29. The Morgan fingerprint density at radius 3 is 2.54 bits per heavy atom. The molecule has 1 fully saturated rings. The Morgan fingerprint density at radius 1 is 1.21 bits per heavy atom. The molecule has 1 aliphatic rings. The molecule has 7 nitrogen and oxygen atoms in total. The van der Waals surface area contributed by atoms with Gasteiger partial charge in [0, 0.05) is 19.3 Å². The molecule has 2 heterocycles. The molecule has 0 bridgehead atoms. The molecule has 0 unspecified atom stereocenters. The van der Waals surface area contributed by atoms with Gasteiger partial charge in [0.05, 0.1) is 30.9 Å². The normalized spacial score (nSPS) is 16.2. The first-order chi connectivity index (χ1) is 11.6. The molecule has 0 saturated carbocycles. The molecule has 24 heavy (non-hydrogen) atoms. The fourth-order valence-corrected chi connectivity index (χ4v) is 3.90. The highest BCUT2D eigenvalue weighted by atomic mass is 32.2. The Hall–Kier alpha value is -1.90. The van der Waals surface area contributed by atoms with E-state index in [0.717, 1.165) is 5.56 Å². The van der Waals surface area contributed by atoms with Gasteiger partial charge >= 0.3 is 0 Å². The zero-order valence-electron chi connectivity index (χ0n) is 13.6. The van der Waals surface area contributed by atoms with Gasteiger partial charge < -0.3 is 9.47 Å². The summed E-state index contributed by atoms with van der Waals surface area (Å²) >= 11 is 0. The zero-order chi connectivity index (χ0) is 17.0. The summed E-state index contributed by atoms with van der Waals surface area (Å²) in [4.78, 5) is 0.277. The number of sulfonamides is 1. The third-order valence-corrected chi connectivity index (χ3v) is 5.70. The topological polar surface area (TPSA) is 73.7 Å². The lowest BCUT2D eigenvalue weighted by Gasteiger charge is -2.26. The van der Waals surface area contributed by atoms with Crippen molar-refractivity contribution in [3.63, 3.8) is 0 Å². The van der Waals surface area contributed by atoms with Crippen LogP contribution in [0.25, 0.3) is 0 Å². The van der Waals surface area contributed by atoms with Crippen LogP contribution in [-0.4, -0.2) is 55.4 Å². The summed E-state index contributed by atoms with van der Waals surface area (Å²) in [7, 11) is -3.46. The van der Waals surface area contributed by atoms with E-state index in [0.29, 0.717) is 45.2 Å². The van der Waals surface area contributed by atoms with E-state index in [4.69, 9.17) is 9.47 Å². The smallest absolute Gasteiger partial charge is 0.243 e. The summed E-state index contributed by atoms with van der Waals surface area (Å²) in [6, 6.07) is 6.53. The predicted molar refractivity (Wildman–Crippen MR) is 88.5 cm³/mol. The zero-order valence-corrected chi connectivity index (χ0v) is 14.4. The minimum absolute atomic E-state index is 0.277. The van der Waals surface area contributed by atoms with Gasteiger partial charge in [0.2, 0.25) is 10.0 Å². The summed E-state index contributed by atoms with van der Waals surface area (Å²) in [6.07, 6.45) is 3.74. The van der Waals surface area contributed by atoms with Crippen LogP contribution in [0, 0.1) is 6.92 Å². The van der Waals surface area contributed by atoms with E-state index in [2.05, 4.69) is 5.10 Å². The van der Waals surface area contributed by atoms with Crippen molar-refractivity contribution in [3.05, 3.63) is 42.2 Å². The molecule has 1 aromatic heterocycles. The van der Waals surface area contributed by atoms with Crippen LogP contribution in [0.2, 0.25) is 0 Å². The van der Waals surface area contributed by atoms with Crippen LogP contribution in [0.3, 0.4) is 0 Å². The van der Waals surface area contributed by atoms with Gasteiger partial charge in [-0.1, -0.05) is 0 Å². The van der Waals surface area contributed by atoms with Gasteiger partial charge in [0.15, 0.2) is 0 Å². The molecule has 0 atom stereocenters. The number of ether oxygens (including phenoxy) is 2. The van der Waals surface area contributed by atoms with Crippen LogP contribution in [0.1, 0.15) is 5.56 Å². The molecule has 0 radical (unpaired) electrons. The molecule has 130 valence electrons. The van der Waals surface area contributed by atoms with Crippen molar-refractivity contribution < 1.29 is 17.9 Å².